The molecule has 1 fully saturated rings. The zero-order valence-corrected chi connectivity index (χ0v) is 15.9. The number of carbonyl (C=O) groups is 3. The van der Waals surface area contributed by atoms with Crippen LogP contribution in [-0.4, -0.2) is 28.8 Å². The van der Waals surface area contributed by atoms with Crippen molar-refractivity contribution in [2.75, 3.05) is 5.32 Å². The van der Waals surface area contributed by atoms with Gasteiger partial charge in [-0.3, -0.25) is 14.5 Å². The molecular weight excluding hydrogens is 385 g/mol. The monoisotopic (exact) mass is 403 g/mol. The van der Waals surface area contributed by atoms with Crippen molar-refractivity contribution in [1.29, 1.82) is 0 Å². The molecule has 0 saturated carbocycles. The van der Waals surface area contributed by atoms with E-state index in [1.54, 1.807) is 6.92 Å². The van der Waals surface area contributed by atoms with E-state index in [4.69, 9.17) is 11.6 Å². The fourth-order valence-corrected chi connectivity index (χ4v) is 3.24. The van der Waals surface area contributed by atoms with Gasteiger partial charge in [0.15, 0.2) is 0 Å². The van der Waals surface area contributed by atoms with Gasteiger partial charge < -0.3 is 10.6 Å². The predicted molar refractivity (Wildman–Crippen MR) is 103 cm³/mol. The topological polar surface area (TPSA) is 78.5 Å². The van der Waals surface area contributed by atoms with E-state index in [1.165, 1.54) is 17.0 Å². The third-order valence-electron chi connectivity index (χ3n) is 4.58. The average Bonchev–Trinajstić information content (AvgIpc) is 2.96. The first kappa shape index (κ1) is 19.8. The van der Waals surface area contributed by atoms with Gasteiger partial charge >= 0.3 is 6.03 Å². The van der Waals surface area contributed by atoms with Gasteiger partial charge in [-0.05, 0) is 37.1 Å². The summed E-state index contributed by atoms with van der Waals surface area (Å²) in [4.78, 5) is 38.2. The van der Waals surface area contributed by atoms with Gasteiger partial charge in [0.05, 0.1) is 11.1 Å². The molecule has 2 N–H and O–H groups in total. The maximum atomic E-state index is 13.2. The first-order valence-corrected chi connectivity index (χ1v) is 9.18. The van der Waals surface area contributed by atoms with Crippen LogP contribution >= 0.6 is 11.6 Å². The Morgan fingerprint density at radius 1 is 1.25 bits per heavy atom. The molecule has 8 heteroatoms. The minimum absolute atomic E-state index is 0.0131. The molecule has 2 aromatic rings. The lowest BCUT2D eigenvalue weighted by atomic mass is 10.1. The van der Waals surface area contributed by atoms with Crippen LogP contribution in [-0.2, 0) is 9.59 Å². The Bertz CT molecular complexity index is 907. The lowest BCUT2D eigenvalue weighted by Crippen LogP contribution is -2.34. The smallest absolute Gasteiger partial charge is 0.325 e. The molecule has 1 aliphatic rings. The fourth-order valence-electron chi connectivity index (χ4n) is 3.06. The van der Waals surface area contributed by atoms with Crippen LogP contribution in [0.5, 0.6) is 0 Å². The third kappa shape index (κ3) is 4.31. The molecule has 6 nitrogen and oxygen atoms in total. The molecule has 0 aliphatic carbocycles. The second-order valence-electron chi connectivity index (χ2n) is 6.51. The van der Waals surface area contributed by atoms with Gasteiger partial charge in [-0.25, -0.2) is 9.18 Å². The molecule has 0 aromatic heterocycles. The average molecular weight is 404 g/mol. The molecule has 2 aromatic carbocycles. The first-order valence-electron chi connectivity index (χ1n) is 8.80. The highest BCUT2D eigenvalue weighted by Crippen LogP contribution is 2.25. The van der Waals surface area contributed by atoms with Crippen molar-refractivity contribution in [1.82, 2.24) is 10.2 Å². The summed E-state index contributed by atoms with van der Waals surface area (Å²) in [5.41, 5.74) is 1.20. The Kier molecular flexibility index (Phi) is 5.94. The Hall–Kier alpha value is -2.93. The molecule has 1 heterocycles. The molecule has 2 atom stereocenters. The number of rotatable bonds is 6. The second kappa shape index (κ2) is 8.39. The van der Waals surface area contributed by atoms with Crippen LogP contribution in [0.3, 0.4) is 0 Å². The number of hydrogen-bond acceptors (Lipinski definition) is 3. The Balaban J connectivity index is 1.58. The lowest BCUT2D eigenvalue weighted by molar-refractivity contribution is -0.129. The number of carbonyl (C=O) groups excluding carboxylic acids is 3. The van der Waals surface area contributed by atoms with E-state index in [0.29, 0.717) is 5.69 Å². The van der Waals surface area contributed by atoms with E-state index in [-0.39, 0.29) is 29.7 Å². The SMILES string of the molecule is C[C@H](c1ccccc1)N1C(=O)N[C@H](CCC(=O)Nc2ccc(F)c(Cl)c2)C1=O. The standard InChI is InChI=1S/C20H19ClFN3O3/c1-12(13-5-3-2-4-6-13)25-19(27)17(24-20(25)28)9-10-18(26)23-14-7-8-16(22)15(21)11-14/h2-8,11-12,17H,9-10H2,1H3,(H,23,26)(H,24,28)/t12-,17-/m1/s1. The van der Waals surface area contributed by atoms with E-state index < -0.39 is 23.9 Å². The van der Waals surface area contributed by atoms with Crippen LogP contribution in [0.4, 0.5) is 14.9 Å². The molecule has 0 radical (unpaired) electrons. The van der Waals surface area contributed by atoms with Gasteiger partial charge in [0.25, 0.3) is 5.91 Å². The number of halogens is 2. The van der Waals surface area contributed by atoms with Gasteiger partial charge in [-0.1, -0.05) is 41.9 Å². The summed E-state index contributed by atoms with van der Waals surface area (Å²) in [7, 11) is 0. The van der Waals surface area contributed by atoms with Crippen molar-refractivity contribution >= 4 is 35.1 Å². The van der Waals surface area contributed by atoms with Crippen molar-refractivity contribution < 1.29 is 18.8 Å². The summed E-state index contributed by atoms with van der Waals surface area (Å²) in [5, 5.41) is 5.12. The minimum Gasteiger partial charge on any atom is -0.326 e. The van der Waals surface area contributed by atoms with Gasteiger partial charge in [-0.2, -0.15) is 0 Å². The molecule has 0 bridgehead atoms. The summed E-state index contributed by atoms with van der Waals surface area (Å²) in [5.74, 6) is -1.30. The number of nitrogens with one attached hydrogen (secondary N) is 2. The Morgan fingerprint density at radius 2 is 1.96 bits per heavy atom. The van der Waals surface area contributed by atoms with Crippen molar-refractivity contribution in [3.05, 3.63) is 64.9 Å². The van der Waals surface area contributed by atoms with E-state index >= 15 is 0 Å². The normalized spacial score (nSPS) is 17.4. The molecule has 146 valence electrons. The maximum absolute atomic E-state index is 13.2. The largest absolute Gasteiger partial charge is 0.326 e. The van der Waals surface area contributed by atoms with Crippen LogP contribution < -0.4 is 10.6 Å². The summed E-state index contributed by atoms with van der Waals surface area (Å²) >= 11 is 5.69. The summed E-state index contributed by atoms with van der Waals surface area (Å²) in [6.07, 6.45) is 0.169. The van der Waals surface area contributed by atoms with Gasteiger partial charge in [0, 0.05) is 12.1 Å². The van der Waals surface area contributed by atoms with E-state index in [9.17, 15) is 18.8 Å². The maximum Gasteiger partial charge on any atom is 0.325 e. The number of urea groups is 1. The zero-order chi connectivity index (χ0) is 20.3. The highest BCUT2D eigenvalue weighted by atomic mass is 35.5. The molecule has 0 unspecified atom stereocenters. The van der Waals surface area contributed by atoms with Crippen LogP contribution in [0.1, 0.15) is 31.4 Å². The highest BCUT2D eigenvalue weighted by Gasteiger charge is 2.40. The van der Waals surface area contributed by atoms with Gasteiger partial charge in [0.1, 0.15) is 11.9 Å². The number of imide groups is 1. The van der Waals surface area contributed by atoms with Crippen LogP contribution in [0.15, 0.2) is 48.5 Å². The van der Waals surface area contributed by atoms with Crippen LogP contribution in [0, 0.1) is 5.82 Å². The minimum atomic E-state index is -0.763. The van der Waals surface area contributed by atoms with Crippen molar-refractivity contribution in [3.8, 4) is 0 Å². The zero-order valence-electron chi connectivity index (χ0n) is 15.1. The van der Waals surface area contributed by atoms with Crippen LogP contribution in [0.2, 0.25) is 5.02 Å². The molecule has 3 rings (SSSR count). The predicted octanol–water partition coefficient (Wildman–Crippen LogP) is 3.88. The third-order valence-corrected chi connectivity index (χ3v) is 4.87. The van der Waals surface area contributed by atoms with Gasteiger partial charge in [-0.15, -0.1) is 0 Å². The quantitative estimate of drug-likeness (QED) is 0.718. The number of benzene rings is 2. The first-order chi connectivity index (χ1) is 13.4. The van der Waals surface area contributed by atoms with Crippen molar-refractivity contribution in [2.45, 2.75) is 31.8 Å². The van der Waals surface area contributed by atoms with E-state index in [1.807, 2.05) is 30.3 Å². The highest BCUT2D eigenvalue weighted by molar-refractivity contribution is 6.31. The van der Waals surface area contributed by atoms with Crippen molar-refractivity contribution in [3.63, 3.8) is 0 Å². The molecule has 1 saturated heterocycles. The van der Waals surface area contributed by atoms with Gasteiger partial charge in [0.2, 0.25) is 5.91 Å². The Morgan fingerprint density at radius 3 is 2.64 bits per heavy atom. The summed E-state index contributed by atoms with van der Waals surface area (Å²) < 4.78 is 13.2. The summed E-state index contributed by atoms with van der Waals surface area (Å²) in [6, 6.07) is 11.4. The van der Waals surface area contributed by atoms with Crippen LogP contribution in [0.25, 0.3) is 0 Å². The Labute approximate surface area is 166 Å². The number of anilines is 1. The molecular formula is C20H19ClFN3O3. The fraction of sp³-hybridized carbons (Fsp3) is 0.250. The molecule has 1 aliphatic heterocycles. The lowest BCUT2D eigenvalue weighted by Gasteiger charge is -2.21. The van der Waals surface area contributed by atoms with Crippen molar-refractivity contribution in [2.24, 2.45) is 0 Å². The number of hydrogen-bond donors (Lipinski definition) is 2. The number of nitrogens with zero attached hydrogens (tertiary/aromatic N) is 1. The molecule has 4 amide bonds. The number of amides is 4. The van der Waals surface area contributed by atoms with E-state index in [2.05, 4.69) is 10.6 Å². The second-order valence-corrected chi connectivity index (χ2v) is 6.92. The molecule has 0 spiro atoms. The molecule has 28 heavy (non-hydrogen) atoms. The summed E-state index contributed by atoms with van der Waals surface area (Å²) in [6.45, 7) is 1.78. The van der Waals surface area contributed by atoms with E-state index in [0.717, 1.165) is 11.6 Å².